The number of halogens is 3. The van der Waals surface area contributed by atoms with Gasteiger partial charge in [-0.2, -0.15) is 35.9 Å². The van der Waals surface area contributed by atoms with E-state index in [0.29, 0.717) is 23.3 Å². The fraction of sp³-hybridized carbons (Fsp3) is 0.360. The molecule has 5 aromatic rings. The molecule has 14 heteroatoms. The topological polar surface area (TPSA) is 103 Å². The smallest absolute Gasteiger partial charge is 0.301 e. The number of fused-ring (bicyclic) bond motifs is 2. The zero-order chi connectivity index (χ0) is 27.5. The number of hydrogen-bond donors (Lipinski definition) is 0. The van der Waals surface area contributed by atoms with Crippen molar-refractivity contribution in [1.29, 1.82) is 0 Å². The Balaban J connectivity index is 1.35. The van der Waals surface area contributed by atoms with Gasteiger partial charge in [0.15, 0.2) is 5.03 Å². The van der Waals surface area contributed by atoms with E-state index in [1.54, 1.807) is 18.5 Å². The van der Waals surface area contributed by atoms with E-state index in [4.69, 9.17) is 0 Å². The lowest BCUT2D eigenvalue weighted by Crippen LogP contribution is -2.39. The molecule has 0 saturated carbocycles. The minimum Gasteiger partial charge on any atom is -0.301 e. The van der Waals surface area contributed by atoms with Crippen LogP contribution in [-0.2, 0) is 16.2 Å². The van der Waals surface area contributed by atoms with E-state index in [0.717, 1.165) is 58.3 Å². The molecule has 0 aromatic carbocycles. The highest BCUT2D eigenvalue weighted by Crippen LogP contribution is 2.31. The van der Waals surface area contributed by atoms with Gasteiger partial charge in [0.25, 0.3) is 0 Å². The van der Waals surface area contributed by atoms with Gasteiger partial charge in [-0.1, -0.05) is 0 Å². The molecule has 6 rings (SSSR count). The second-order valence-corrected chi connectivity index (χ2v) is 11.6. The van der Waals surface area contributed by atoms with E-state index >= 15 is 0 Å². The van der Waals surface area contributed by atoms with Gasteiger partial charge in [-0.3, -0.25) is 14.1 Å². The average molecular weight is 559 g/mol. The summed E-state index contributed by atoms with van der Waals surface area (Å²) < 4.78 is 70.7. The summed E-state index contributed by atoms with van der Waals surface area (Å²) in [6.45, 7) is 6.37. The van der Waals surface area contributed by atoms with Crippen LogP contribution in [0.4, 0.5) is 13.2 Å². The maximum atomic E-state index is 13.6. The molecule has 0 spiro atoms. The Bertz CT molecular complexity index is 1780. The van der Waals surface area contributed by atoms with E-state index in [1.165, 1.54) is 6.20 Å². The van der Waals surface area contributed by atoms with Gasteiger partial charge in [-0.05, 0) is 44.9 Å². The van der Waals surface area contributed by atoms with Gasteiger partial charge in [0.2, 0.25) is 0 Å². The summed E-state index contributed by atoms with van der Waals surface area (Å²) in [5.41, 5.74) is 0.982. The van der Waals surface area contributed by atoms with Gasteiger partial charge in [0.1, 0.15) is 16.7 Å². The average Bonchev–Trinajstić information content (AvgIpc) is 3.66. The van der Waals surface area contributed by atoms with Crippen molar-refractivity contribution in [2.45, 2.75) is 50.0 Å². The van der Waals surface area contributed by atoms with Gasteiger partial charge < -0.3 is 4.90 Å². The van der Waals surface area contributed by atoms with Crippen molar-refractivity contribution >= 4 is 26.7 Å². The monoisotopic (exact) mass is 558 g/mol. The van der Waals surface area contributed by atoms with Gasteiger partial charge in [0.05, 0.1) is 30.2 Å². The fourth-order valence-electron chi connectivity index (χ4n) is 4.99. The summed E-state index contributed by atoms with van der Waals surface area (Å²) in [5.74, 6) is 0. The number of imidazole rings is 1. The molecule has 0 unspecified atom stereocenters. The molecule has 39 heavy (non-hydrogen) atoms. The molecule has 0 amide bonds. The number of nitrogens with zero attached hydrogens (tertiary/aromatic N) is 8. The molecule has 5 aromatic heterocycles. The van der Waals surface area contributed by atoms with Crippen molar-refractivity contribution in [3.63, 3.8) is 0 Å². The standard InChI is InChI=1S/C25H25F3N8O2S/c1-16(2)33-7-5-20(6-8-33)35-14-18(11-31-35)17-9-22-21(29-10-17)12-32-36(22)39(37,38)24-13-30-23-4-3-19(15-34(23)24)25(26,27)28/h3-4,9-16,20H,5-8H2,1-2H3. The first kappa shape index (κ1) is 25.5. The first-order valence-electron chi connectivity index (χ1n) is 12.4. The summed E-state index contributed by atoms with van der Waals surface area (Å²) in [6, 6.07) is 4.39. The van der Waals surface area contributed by atoms with E-state index in [9.17, 15) is 21.6 Å². The lowest BCUT2D eigenvalue weighted by molar-refractivity contribution is -0.137. The largest absolute Gasteiger partial charge is 0.417 e. The van der Waals surface area contributed by atoms with Crippen molar-refractivity contribution < 1.29 is 21.6 Å². The first-order chi connectivity index (χ1) is 18.5. The molecule has 1 fully saturated rings. The van der Waals surface area contributed by atoms with Crippen molar-refractivity contribution in [3.05, 3.63) is 60.9 Å². The van der Waals surface area contributed by atoms with Crippen LogP contribution in [0.2, 0.25) is 0 Å². The van der Waals surface area contributed by atoms with Gasteiger partial charge in [-0.25, -0.2) is 4.98 Å². The molecular weight excluding hydrogens is 533 g/mol. The van der Waals surface area contributed by atoms with Gasteiger partial charge in [-0.15, -0.1) is 0 Å². The summed E-state index contributed by atoms with van der Waals surface area (Å²) >= 11 is 0. The van der Waals surface area contributed by atoms with Crippen LogP contribution in [0.15, 0.2) is 60.4 Å². The maximum Gasteiger partial charge on any atom is 0.417 e. The molecule has 0 bridgehead atoms. The van der Waals surface area contributed by atoms with Crippen LogP contribution in [0.25, 0.3) is 27.8 Å². The maximum absolute atomic E-state index is 13.6. The summed E-state index contributed by atoms with van der Waals surface area (Å²) in [6.07, 6.45) is 5.61. The van der Waals surface area contributed by atoms with Crippen LogP contribution >= 0.6 is 0 Å². The number of rotatable bonds is 5. The van der Waals surface area contributed by atoms with Crippen molar-refractivity contribution in [3.8, 4) is 11.1 Å². The molecule has 10 nitrogen and oxygen atoms in total. The van der Waals surface area contributed by atoms with Crippen molar-refractivity contribution in [2.24, 2.45) is 0 Å². The quantitative estimate of drug-likeness (QED) is 0.318. The molecule has 6 heterocycles. The van der Waals surface area contributed by atoms with E-state index in [2.05, 4.69) is 38.9 Å². The second-order valence-electron chi connectivity index (χ2n) is 9.93. The van der Waals surface area contributed by atoms with E-state index in [-0.39, 0.29) is 17.2 Å². The molecule has 204 valence electrons. The van der Waals surface area contributed by atoms with Crippen LogP contribution in [0, 0.1) is 0 Å². The fourth-order valence-corrected chi connectivity index (χ4v) is 6.33. The van der Waals surface area contributed by atoms with Gasteiger partial charge in [0, 0.05) is 48.8 Å². The van der Waals surface area contributed by atoms with Crippen molar-refractivity contribution in [2.75, 3.05) is 13.1 Å². The molecule has 0 N–H and O–H groups in total. The highest BCUT2D eigenvalue weighted by Gasteiger charge is 2.32. The molecule has 0 atom stereocenters. The molecular formula is C25H25F3N8O2S. The van der Waals surface area contributed by atoms with Crippen LogP contribution < -0.4 is 0 Å². The molecule has 1 aliphatic rings. The first-order valence-corrected chi connectivity index (χ1v) is 13.9. The number of likely N-dealkylation sites (tertiary alicyclic amines) is 1. The molecule has 1 aliphatic heterocycles. The number of piperidine rings is 1. The van der Waals surface area contributed by atoms with Crippen LogP contribution in [0.1, 0.15) is 38.3 Å². The lowest BCUT2D eigenvalue weighted by Gasteiger charge is -2.34. The number of aromatic nitrogens is 7. The zero-order valence-corrected chi connectivity index (χ0v) is 21.9. The SMILES string of the molecule is CC(C)N1CCC(n2cc(-c3cnc4cnn(S(=O)(=O)c5cnc6ccc(C(F)(F)F)cn56)c4c3)cn2)CC1. The predicted molar refractivity (Wildman–Crippen MR) is 137 cm³/mol. The Labute approximate surface area is 221 Å². The van der Waals surface area contributed by atoms with Crippen molar-refractivity contribution in [1.82, 2.24) is 38.2 Å². The highest BCUT2D eigenvalue weighted by atomic mass is 32.2. The Morgan fingerprint density at radius 2 is 1.72 bits per heavy atom. The molecule has 0 aliphatic carbocycles. The van der Waals surface area contributed by atoms with Gasteiger partial charge >= 0.3 is 16.2 Å². The summed E-state index contributed by atoms with van der Waals surface area (Å²) in [4.78, 5) is 10.8. The normalized spacial score (nSPS) is 16.2. The highest BCUT2D eigenvalue weighted by molar-refractivity contribution is 7.90. The van der Waals surface area contributed by atoms with E-state index in [1.807, 2.05) is 10.9 Å². The minimum absolute atomic E-state index is 0.0588. The zero-order valence-electron chi connectivity index (χ0n) is 21.1. The number of hydrogen-bond acceptors (Lipinski definition) is 7. The van der Waals surface area contributed by atoms with Crippen LogP contribution in [0.5, 0.6) is 0 Å². The third-order valence-corrected chi connectivity index (χ3v) is 8.79. The number of alkyl halides is 3. The van der Waals surface area contributed by atoms with E-state index < -0.39 is 26.8 Å². The Kier molecular flexibility index (Phi) is 5.99. The Morgan fingerprint density at radius 1 is 0.949 bits per heavy atom. The Hall–Kier alpha value is -3.78. The third-order valence-electron chi connectivity index (χ3n) is 7.22. The summed E-state index contributed by atoms with van der Waals surface area (Å²) in [7, 11) is -4.42. The van der Waals surface area contributed by atoms with Crippen LogP contribution in [-0.4, -0.2) is 65.8 Å². The third kappa shape index (κ3) is 4.46. The second kappa shape index (κ2) is 9.16. The van der Waals surface area contributed by atoms with Crippen LogP contribution in [0.3, 0.4) is 0 Å². The number of pyridine rings is 2. The summed E-state index contributed by atoms with van der Waals surface area (Å²) in [5, 5.41) is 8.12. The Morgan fingerprint density at radius 3 is 2.44 bits per heavy atom. The minimum atomic E-state index is -4.65. The lowest BCUT2D eigenvalue weighted by atomic mass is 10.0. The molecule has 1 saturated heterocycles. The predicted octanol–water partition coefficient (Wildman–Crippen LogP) is 4.24. The molecule has 0 radical (unpaired) electrons.